The smallest absolute Gasteiger partial charge is 0.191 e. The Hall–Kier alpha value is -1.09. The van der Waals surface area contributed by atoms with Crippen molar-refractivity contribution >= 4 is 35.6 Å². The predicted molar refractivity (Wildman–Crippen MR) is 113 cm³/mol. The molecular formula is C18H30FIN4O. The van der Waals surface area contributed by atoms with Gasteiger partial charge in [0, 0.05) is 40.3 Å². The lowest BCUT2D eigenvalue weighted by Gasteiger charge is -2.25. The number of halogens is 2. The fraction of sp³-hybridized carbons (Fsp3) is 0.611. The van der Waals surface area contributed by atoms with Gasteiger partial charge in [0.1, 0.15) is 5.82 Å². The zero-order chi connectivity index (χ0) is 17.4. The van der Waals surface area contributed by atoms with Gasteiger partial charge in [-0.1, -0.05) is 12.1 Å². The highest BCUT2D eigenvalue weighted by Gasteiger charge is 2.29. The summed E-state index contributed by atoms with van der Waals surface area (Å²) in [6, 6.07) is 6.84. The van der Waals surface area contributed by atoms with Crippen LogP contribution in [0.5, 0.6) is 0 Å². The number of nitrogens with one attached hydrogen (secondary N) is 2. The van der Waals surface area contributed by atoms with Gasteiger partial charge in [-0.2, -0.15) is 0 Å². The first kappa shape index (κ1) is 22.0. The molecule has 142 valence electrons. The van der Waals surface area contributed by atoms with Crippen LogP contribution in [0, 0.1) is 5.82 Å². The Morgan fingerprint density at radius 1 is 1.36 bits per heavy atom. The van der Waals surface area contributed by atoms with E-state index in [1.165, 1.54) is 6.07 Å². The van der Waals surface area contributed by atoms with E-state index in [-0.39, 0.29) is 35.4 Å². The van der Waals surface area contributed by atoms with Crippen molar-refractivity contribution in [1.82, 2.24) is 10.6 Å². The lowest BCUT2D eigenvalue weighted by molar-refractivity contribution is 0.0243. The molecule has 1 heterocycles. The van der Waals surface area contributed by atoms with Crippen LogP contribution < -0.4 is 15.5 Å². The number of aliphatic imine (C=N–C) groups is 1. The Balaban J connectivity index is 0.00000312. The van der Waals surface area contributed by atoms with Crippen LogP contribution in [0.1, 0.15) is 26.2 Å². The average Bonchev–Trinajstić information content (AvgIpc) is 3.01. The molecule has 1 aliphatic rings. The van der Waals surface area contributed by atoms with Crippen molar-refractivity contribution in [2.24, 2.45) is 4.99 Å². The first-order valence-electron chi connectivity index (χ1n) is 8.58. The summed E-state index contributed by atoms with van der Waals surface area (Å²) in [5.74, 6) is 0.593. The van der Waals surface area contributed by atoms with Gasteiger partial charge in [-0.3, -0.25) is 4.99 Å². The van der Waals surface area contributed by atoms with Crippen LogP contribution in [0.4, 0.5) is 10.1 Å². The van der Waals surface area contributed by atoms with Gasteiger partial charge in [-0.05, 0) is 38.3 Å². The number of ether oxygens (including phenoxy) is 1. The highest BCUT2D eigenvalue weighted by Crippen LogP contribution is 2.23. The second-order valence-electron chi connectivity index (χ2n) is 6.48. The van der Waals surface area contributed by atoms with Crippen LogP contribution in [0.15, 0.2) is 29.3 Å². The largest absolute Gasteiger partial charge is 0.373 e. The first-order valence-corrected chi connectivity index (χ1v) is 8.58. The van der Waals surface area contributed by atoms with E-state index < -0.39 is 0 Å². The van der Waals surface area contributed by atoms with Crippen LogP contribution in [0.3, 0.4) is 0 Å². The van der Waals surface area contributed by atoms with Crippen LogP contribution >= 0.6 is 24.0 Å². The second kappa shape index (κ2) is 10.8. The van der Waals surface area contributed by atoms with Crippen LogP contribution in [-0.4, -0.2) is 51.9 Å². The summed E-state index contributed by atoms with van der Waals surface area (Å²) in [5, 5.41) is 6.62. The molecule has 1 atom stereocenters. The van der Waals surface area contributed by atoms with E-state index in [4.69, 9.17) is 4.74 Å². The molecule has 0 amide bonds. The molecule has 1 aromatic carbocycles. The third-order valence-electron chi connectivity index (χ3n) is 4.38. The zero-order valence-corrected chi connectivity index (χ0v) is 17.7. The number of rotatable bonds is 7. The minimum absolute atomic E-state index is 0. The van der Waals surface area contributed by atoms with Gasteiger partial charge in [-0.15, -0.1) is 24.0 Å². The fourth-order valence-corrected chi connectivity index (χ4v) is 2.87. The summed E-state index contributed by atoms with van der Waals surface area (Å²) in [7, 11) is 3.67. The Labute approximate surface area is 167 Å². The average molecular weight is 464 g/mol. The minimum Gasteiger partial charge on any atom is -0.373 e. The number of benzene rings is 1. The highest BCUT2D eigenvalue weighted by atomic mass is 127. The highest BCUT2D eigenvalue weighted by molar-refractivity contribution is 14.0. The lowest BCUT2D eigenvalue weighted by Crippen LogP contribution is -2.46. The van der Waals surface area contributed by atoms with Crippen LogP contribution in [0.2, 0.25) is 0 Å². The molecule has 2 N–H and O–H groups in total. The van der Waals surface area contributed by atoms with E-state index >= 15 is 0 Å². The molecule has 1 aromatic rings. The summed E-state index contributed by atoms with van der Waals surface area (Å²) >= 11 is 0. The first-order chi connectivity index (χ1) is 11.5. The number of hydrogen-bond donors (Lipinski definition) is 2. The molecule has 0 radical (unpaired) electrons. The Morgan fingerprint density at radius 2 is 2.12 bits per heavy atom. The second-order valence-corrected chi connectivity index (χ2v) is 6.48. The maximum absolute atomic E-state index is 13.7. The van der Waals surface area contributed by atoms with E-state index in [1.807, 2.05) is 18.0 Å². The van der Waals surface area contributed by atoms with Crippen LogP contribution in [-0.2, 0) is 4.74 Å². The van der Waals surface area contributed by atoms with Crippen molar-refractivity contribution in [3.05, 3.63) is 30.1 Å². The summed E-state index contributed by atoms with van der Waals surface area (Å²) in [6.45, 7) is 5.26. The monoisotopic (exact) mass is 464 g/mol. The summed E-state index contributed by atoms with van der Waals surface area (Å²) in [5.41, 5.74) is 0.536. The summed E-state index contributed by atoms with van der Waals surface area (Å²) < 4.78 is 19.5. The van der Waals surface area contributed by atoms with E-state index in [0.717, 1.165) is 51.5 Å². The maximum atomic E-state index is 13.7. The summed E-state index contributed by atoms with van der Waals surface area (Å²) in [4.78, 5) is 6.17. The van der Waals surface area contributed by atoms with Gasteiger partial charge in [0.15, 0.2) is 5.96 Å². The molecule has 1 fully saturated rings. The third-order valence-corrected chi connectivity index (χ3v) is 4.38. The zero-order valence-electron chi connectivity index (χ0n) is 15.3. The van der Waals surface area contributed by atoms with Crippen molar-refractivity contribution in [2.75, 3.05) is 45.2 Å². The normalized spacial score (nSPS) is 20.1. The fourth-order valence-electron chi connectivity index (χ4n) is 2.87. The number of para-hydroxylation sites is 1. The van der Waals surface area contributed by atoms with E-state index in [2.05, 4.69) is 22.5 Å². The van der Waals surface area contributed by atoms with Crippen molar-refractivity contribution in [3.63, 3.8) is 0 Å². The van der Waals surface area contributed by atoms with E-state index in [1.54, 1.807) is 19.2 Å². The Morgan fingerprint density at radius 3 is 2.76 bits per heavy atom. The van der Waals surface area contributed by atoms with Crippen molar-refractivity contribution in [2.45, 2.75) is 31.8 Å². The van der Waals surface area contributed by atoms with Crippen molar-refractivity contribution in [1.29, 1.82) is 0 Å². The van der Waals surface area contributed by atoms with Gasteiger partial charge in [0.2, 0.25) is 0 Å². The SMILES string of the molecule is CN=C(NCCCN(C)c1ccccc1F)NCC1(C)CCCO1.I. The number of guanidine groups is 1. The van der Waals surface area contributed by atoms with E-state index in [0.29, 0.717) is 5.69 Å². The summed E-state index contributed by atoms with van der Waals surface area (Å²) in [6.07, 6.45) is 3.08. The molecule has 0 spiro atoms. The molecule has 25 heavy (non-hydrogen) atoms. The van der Waals surface area contributed by atoms with Gasteiger partial charge >= 0.3 is 0 Å². The molecule has 0 saturated carbocycles. The molecule has 1 unspecified atom stereocenters. The minimum atomic E-state index is -0.185. The van der Waals surface area contributed by atoms with Gasteiger partial charge in [0.25, 0.3) is 0 Å². The van der Waals surface area contributed by atoms with Gasteiger partial charge < -0.3 is 20.3 Å². The van der Waals surface area contributed by atoms with Crippen LogP contribution in [0.25, 0.3) is 0 Å². The molecular weight excluding hydrogens is 434 g/mol. The molecule has 0 aromatic heterocycles. The Kier molecular flexibility index (Phi) is 9.48. The Bertz CT molecular complexity index is 550. The van der Waals surface area contributed by atoms with Crippen molar-refractivity contribution in [3.8, 4) is 0 Å². The van der Waals surface area contributed by atoms with E-state index in [9.17, 15) is 4.39 Å². The van der Waals surface area contributed by atoms with Gasteiger partial charge in [0.05, 0.1) is 11.3 Å². The third kappa shape index (κ3) is 6.97. The van der Waals surface area contributed by atoms with Gasteiger partial charge in [-0.25, -0.2) is 4.39 Å². The predicted octanol–water partition coefficient (Wildman–Crippen LogP) is 3.00. The molecule has 0 bridgehead atoms. The molecule has 5 nitrogen and oxygen atoms in total. The molecule has 0 aliphatic carbocycles. The lowest BCUT2D eigenvalue weighted by atomic mass is 10.0. The molecule has 1 saturated heterocycles. The molecule has 2 rings (SSSR count). The molecule has 7 heteroatoms. The van der Waals surface area contributed by atoms with Crippen molar-refractivity contribution < 1.29 is 9.13 Å². The standard InChI is InChI=1S/C18H29FN4O.HI/c1-18(10-6-13-24-18)14-22-17(20-2)21-11-7-12-23(3)16-9-5-4-8-15(16)19;/h4-5,8-9H,6-7,10-14H2,1-3H3,(H2,20,21,22);1H. The quantitative estimate of drug-likeness (QED) is 0.282. The molecule has 1 aliphatic heterocycles. The number of anilines is 1. The maximum Gasteiger partial charge on any atom is 0.191 e. The number of nitrogens with zero attached hydrogens (tertiary/aromatic N) is 2. The topological polar surface area (TPSA) is 48.9 Å². The number of hydrogen-bond acceptors (Lipinski definition) is 3.